The highest BCUT2D eigenvalue weighted by Crippen LogP contribution is 2.38. The molecule has 0 radical (unpaired) electrons. The van der Waals surface area contributed by atoms with E-state index in [1.807, 2.05) is 6.07 Å². The molecule has 0 aliphatic carbocycles. The number of benzene rings is 1. The number of aryl methyl sites for hydroxylation is 2. The van der Waals surface area contributed by atoms with Crippen molar-refractivity contribution in [1.29, 1.82) is 0 Å². The molecule has 0 saturated heterocycles. The van der Waals surface area contributed by atoms with Crippen LogP contribution in [0.4, 0.5) is 0 Å². The molecule has 0 spiro atoms. The first-order chi connectivity index (χ1) is 9.06. The third-order valence-corrected chi connectivity index (χ3v) is 6.54. The lowest BCUT2D eigenvalue weighted by atomic mass is 9.96. The summed E-state index contributed by atoms with van der Waals surface area (Å²) in [6.45, 7) is 4.26. The van der Waals surface area contributed by atoms with Crippen molar-refractivity contribution in [1.82, 2.24) is 0 Å². The van der Waals surface area contributed by atoms with Gasteiger partial charge in [0, 0.05) is 9.35 Å². The van der Waals surface area contributed by atoms with Crippen molar-refractivity contribution in [3.05, 3.63) is 54.1 Å². The Morgan fingerprint density at radius 2 is 1.89 bits per heavy atom. The van der Waals surface area contributed by atoms with Crippen LogP contribution in [0.2, 0.25) is 0 Å². The van der Waals surface area contributed by atoms with Crippen LogP contribution in [0, 0.1) is 0 Å². The minimum Gasteiger partial charge on any atom is -0.383 e. The third-order valence-electron chi connectivity index (χ3n) is 3.23. The number of thiophene rings is 1. The molecule has 1 unspecified atom stereocenters. The summed E-state index contributed by atoms with van der Waals surface area (Å²) in [5.41, 5.74) is 3.51. The second-order valence-electron chi connectivity index (χ2n) is 4.41. The molecule has 0 amide bonds. The number of aliphatic hydroxyl groups excluding tert-OH is 1. The molecule has 1 aromatic heterocycles. The van der Waals surface area contributed by atoms with Gasteiger partial charge in [-0.1, -0.05) is 32.0 Å². The molecule has 0 aliphatic rings. The van der Waals surface area contributed by atoms with Crippen molar-refractivity contribution in [2.75, 3.05) is 0 Å². The van der Waals surface area contributed by atoms with Gasteiger partial charge >= 0.3 is 0 Å². The van der Waals surface area contributed by atoms with Gasteiger partial charge in [-0.15, -0.1) is 11.3 Å². The SMILES string of the molecule is CCc1ccc(CC)c(C(O)c2cc(Br)c(Br)s2)c1. The fraction of sp³-hybridized carbons (Fsp3) is 0.333. The van der Waals surface area contributed by atoms with E-state index in [0.717, 1.165) is 31.5 Å². The molecule has 1 atom stereocenters. The second kappa shape index (κ2) is 6.53. The zero-order valence-corrected chi connectivity index (χ0v) is 14.9. The quantitative estimate of drug-likeness (QED) is 0.716. The largest absolute Gasteiger partial charge is 0.383 e. The summed E-state index contributed by atoms with van der Waals surface area (Å²) >= 11 is 8.52. The first-order valence-corrected chi connectivity index (χ1v) is 8.71. The van der Waals surface area contributed by atoms with Gasteiger partial charge in [-0.05, 0) is 67.5 Å². The lowest BCUT2D eigenvalue weighted by Gasteiger charge is -2.15. The van der Waals surface area contributed by atoms with Crippen LogP contribution in [0.5, 0.6) is 0 Å². The van der Waals surface area contributed by atoms with Gasteiger partial charge in [0.1, 0.15) is 6.10 Å². The summed E-state index contributed by atoms with van der Waals surface area (Å²) < 4.78 is 2.02. The van der Waals surface area contributed by atoms with Crippen molar-refractivity contribution in [2.45, 2.75) is 32.8 Å². The highest BCUT2D eigenvalue weighted by molar-refractivity contribution is 9.13. The number of hydrogen-bond donors (Lipinski definition) is 1. The lowest BCUT2D eigenvalue weighted by Crippen LogP contribution is -2.03. The topological polar surface area (TPSA) is 20.2 Å². The summed E-state index contributed by atoms with van der Waals surface area (Å²) in [4.78, 5) is 0.960. The predicted molar refractivity (Wildman–Crippen MR) is 89.0 cm³/mol. The fourth-order valence-corrected chi connectivity index (χ4v) is 4.19. The summed E-state index contributed by atoms with van der Waals surface area (Å²) in [6, 6.07) is 8.40. The summed E-state index contributed by atoms with van der Waals surface area (Å²) in [7, 11) is 0. The fourth-order valence-electron chi connectivity index (χ4n) is 2.09. The summed E-state index contributed by atoms with van der Waals surface area (Å²) in [5, 5.41) is 10.6. The first-order valence-electron chi connectivity index (χ1n) is 6.31. The Bertz CT molecular complexity index is 558. The predicted octanol–water partition coefficient (Wildman–Crippen LogP) is 5.48. The number of hydrogen-bond acceptors (Lipinski definition) is 2. The van der Waals surface area contributed by atoms with Gasteiger partial charge in [0.15, 0.2) is 0 Å². The maximum Gasteiger partial charge on any atom is 0.114 e. The molecule has 4 heteroatoms. The molecule has 102 valence electrons. The highest BCUT2D eigenvalue weighted by atomic mass is 79.9. The molecule has 2 rings (SSSR count). The molecule has 1 nitrogen and oxygen atoms in total. The average molecular weight is 404 g/mol. The molecule has 0 fully saturated rings. The molecule has 1 N–H and O–H groups in total. The van der Waals surface area contributed by atoms with Gasteiger partial charge in [0.05, 0.1) is 3.79 Å². The van der Waals surface area contributed by atoms with E-state index >= 15 is 0 Å². The van der Waals surface area contributed by atoms with Gasteiger partial charge in [0.25, 0.3) is 0 Å². The molecular weight excluding hydrogens is 388 g/mol. The smallest absolute Gasteiger partial charge is 0.114 e. The Labute approximate surface area is 134 Å². The lowest BCUT2D eigenvalue weighted by molar-refractivity contribution is 0.223. The average Bonchev–Trinajstić information content (AvgIpc) is 2.77. The van der Waals surface area contributed by atoms with E-state index in [9.17, 15) is 5.11 Å². The van der Waals surface area contributed by atoms with E-state index in [1.54, 1.807) is 11.3 Å². The van der Waals surface area contributed by atoms with Crippen LogP contribution in [0.3, 0.4) is 0 Å². The third kappa shape index (κ3) is 3.30. The Morgan fingerprint density at radius 1 is 1.16 bits per heavy atom. The van der Waals surface area contributed by atoms with E-state index in [2.05, 4.69) is 63.9 Å². The minimum atomic E-state index is -0.547. The van der Waals surface area contributed by atoms with Crippen LogP contribution in [0.1, 0.15) is 41.5 Å². The minimum absolute atomic E-state index is 0.547. The molecular formula is C15H16Br2OS. The zero-order chi connectivity index (χ0) is 14.0. The molecule has 1 heterocycles. The molecule has 0 bridgehead atoms. The maximum atomic E-state index is 10.6. The molecule has 19 heavy (non-hydrogen) atoms. The molecule has 1 aromatic carbocycles. The Balaban J connectivity index is 2.44. The van der Waals surface area contributed by atoms with Crippen molar-refractivity contribution in [2.24, 2.45) is 0 Å². The maximum absolute atomic E-state index is 10.6. The van der Waals surface area contributed by atoms with Crippen molar-refractivity contribution < 1.29 is 5.11 Å². The first kappa shape index (κ1) is 15.2. The van der Waals surface area contributed by atoms with Crippen LogP contribution in [0.15, 0.2) is 32.5 Å². The van der Waals surface area contributed by atoms with Crippen LogP contribution < -0.4 is 0 Å². The van der Waals surface area contributed by atoms with Gasteiger partial charge in [-0.3, -0.25) is 0 Å². The Hall–Kier alpha value is -0.160. The van der Waals surface area contributed by atoms with Crippen molar-refractivity contribution in [3.8, 4) is 0 Å². The van der Waals surface area contributed by atoms with Crippen molar-refractivity contribution in [3.63, 3.8) is 0 Å². The van der Waals surface area contributed by atoms with E-state index in [-0.39, 0.29) is 0 Å². The van der Waals surface area contributed by atoms with Crippen LogP contribution in [-0.4, -0.2) is 5.11 Å². The Kier molecular flexibility index (Phi) is 5.23. The normalized spacial score (nSPS) is 12.7. The molecule has 0 saturated carbocycles. The van der Waals surface area contributed by atoms with Crippen LogP contribution in [0.25, 0.3) is 0 Å². The van der Waals surface area contributed by atoms with Gasteiger partial charge < -0.3 is 5.11 Å². The number of halogens is 2. The number of rotatable bonds is 4. The van der Waals surface area contributed by atoms with E-state index in [1.165, 1.54) is 11.1 Å². The van der Waals surface area contributed by atoms with E-state index in [4.69, 9.17) is 0 Å². The monoisotopic (exact) mass is 402 g/mol. The van der Waals surface area contributed by atoms with Gasteiger partial charge in [-0.25, -0.2) is 0 Å². The highest BCUT2D eigenvalue weighted by Gasteiger charge is 2.18. The van der Waals surface area contributed by atoms with Crippen molar-refractivity contribution >= 4 is 43.2 Å². The van der Waals surface area contributed by atoms with Gasteiger partial charge in [0.2, 0.25) is 0 Å². The van der Waals surface area contributed by atoms with E-state index < -0.39 is 6.10 Å². The Morgan fingerprint density at radius 3 is 2.42 bits per heavy atom. The zero-order valence-electron chi connectivity index (χ0n) is 10.9. The molecule has 0 aliphatic heterocycles. The summed E-state index contributed by atoms with van der Waals surface area (Å²) in [6.07, 6.45) is 1.38. The second-order valence-corrected chi connectivity index (χ2v) is 7.67. The van der Waals surface area contributed by atoms with E-state index in [0.29, 0.717) is 0 Å². The van der Waals surface area contributed by atoms with Crippen LogP contribution >= 0.6 is 43.2 Å². The standard InChI is InChI=1S/C15H16Br2OS/c1-3-9-5-6-10(4-2)11(7-9)14(18)13-8-12(16)15(17)19-13/h5-8,14,18H,3-4H2,1-2H3. The number of aliphatic hydroxyl groups is 1. The van der Waals surface area contributed by atoms with Gasteiger partial charge in [-0.2, -0.15) is 0 Å². The molecule has 2 aromatic rings. The van der Waals surface area contributed by atoms with Crippen LogP contribution in [-0.2, 0) is 12.8 Å². The summed E-state index contributed by atoms with van der Waals surface area (Å²) in [5.74, 6) is 0.